The summed E-state index contributed by atoms with van der Waals surface area (Å²) in [5.74, 6) is 0.531. The normalized spacial score (nSPS) is 27.0. The molecule has 1 heterocycles. The Hall–Kier alpha value is -0.820. The summed E-state index contributed by atoms with van der Waals surface area (Å²) in [5.41, 5.74) is 4.23. The first kappa shape index (κ1) is 8.76. The molecule has 0 unspecified atom stereocenters. The lowest BCUT2D eigenvalue weighted by atomic mass is 9.88. The summed E-state index contributed by atoms with van der Waals surface area (Å²) < 4.78 is 5.70. The highest BCUT2D eigenvalue weighted by Gasteiger charge is 2.23. The van der Waals surface area contributed by atoms with Gasteiger partial charge >= 0.3 is 0 Å². The average Bonchev–Trinajstić information content (AvgIpc) is 2.12. The van der Waals surface area contributed by atoms with Crippen LogP contribution in [0.1, 0.15) is 36.5 Å². The Balaban J connectivity index is 2.49. The van der Waals surface area contributed by atoms with E-state index in [-0.39, 0.29) is 0 Å². The third-order valence-electron chi connectivity index (χ3n) is 3.13. The van der Waals surface area contributed by atoms with E-state index in [0.717, 1.165) is 6.61 Å². The molecule has 0 radical (unpaired) electrons. The van der Waals surface area contributed by atoms with E-state index >= 15 is 0 Å². The molecule has 1 aromatic carbocycles. The Morgan fingerprint density at radius 2 is 2.08 bits per heavy atom. The van der Waals surface area contributed by atoms with Gasteiger partial charge < -0.3 is 4.74 Å². The maximum absolute atomic E-state index is 5.70. The summed E-state index contributed by atoms with van der Waals surface area (Å²) in [6.45, 7) is 7.33. The van der Waals surface area contributed by atoms with Gasteiger partial charge in [-0.05, 0) is 30.5 Å². The van der Waals surface area contributed by atoms with Crippen molar-refractivity contribution >= 4 is 0 Å². The molecule has 0 amide bonds. The van der Waals surface area contributed by atoms with E-state index in [1.54, 1.807) is 0 Å². The summed E-state index contributed by atoms with van der Waals surface area (Å²) in [7, 11) is 0. The van der Waals surface area contributed by atoms with E-state index in [2.05, 4.69) is 39.0 Å². The van der Waals surface area contributed by atoms with Crippen LogP contribution in [0.2, 0.25) is 0 Å². The number of ether oxygens (including phenoxy) is 1. The van der Waals surface area contributed by atoms with Crippen molar-refractivity contribution in [2.45, 2.75) is 39.4 Å². The zero-order chi connectivity index (χ0) is 9.42. The van der Waals surface area contributed by atoms with Crippen LogP contribution < -0.4 is 0 Å². The maximum atomic E-state index is 5.70. The van der Waals surface area contributed by atoms with Crippen molar-refractivity contribution in [1.29, 1.82) is 0 Å². The lowest BCUT2D eigenvalue weighted by molar-refractivity contribution is 0.0238. The second kappa shape index (κ2) is 3.15. The smallest absolute Gasteiger partial charge is 0.0726 e. The van der Waals surface area contributed by atoms with Crippen molar-refractivity contribution < 1.29 is 4.74 Å². The van der Waals surface area contributed by atoms with Gasteiger partial charge in [-0.15, -0.1) is 0 Å². The van der Waals surface area contributed by atoms with E-state index in [1.807, 2.05) is 0 Å². The summed E-state index contributed by atoms with van der Waals surface area (Å²) >= 11 is 0. The Labute approximate surface area is 79.7 Å². The van der Waals surface area contributed by atoms with Gasteiger partial charge in [0.15, 0.2) is 0 Å². The van der Waals surface area contributed by atoms with Crippen molar-refractivity contribution in [2.24, 2.45) is 0 Å². The van der Waals surface area contributed by atoms with Crippen molar-refractivity contribution in [3.8, 4) is 0 Å². The van der Waals surface area contributed by atoms with Gasteiger partial charge in [0.25, 0.3) is 0 Å². The predicted octanol–water partition coefficient (Wildman–Crippen LogP) is 3.02. The summed E-state index contributed by atoms with van der Waals surface area (Å²) in [6.07, 6.45) is 0.356. The first-order valence-electron chi connectivity index (χ1n) is 4.90. The Kier molecular flexibility index (Phi) is 2.12. The van der Waals surface area contributed by atoms with Crippen molar-refractivity contribution in [3.63, 3.8) is 0 Å². The van der Waals surface area contributed by atoms with Gasteiger partial charge in [0.1, 0.15) is 0 Å². The Bertz CT molecular complexity index is 317. The highest BCUT2D eigenvalue weighted by atomic mass is 16.5. The van der Waals surface area contributed by atoms with Crippen LogP contribution in [0.25, 0.3) is 0 Å². The zero-order valence-corrected chi connectivity index (χ0v) is 8.50. The third-order valence-corrected chi connectivity index (χ3v) is 3.13. The average molecular weight is 176 g/mol. The van der Waals surface area contributed by atoms with Crippen LogP contribution in [0, 0.1) is 6.92 Å². The quantitative estimate of drug-likeness (QED) is 0.590. The maximum Gasteiger partial charge on any atom is 0.0726 e. The molecule has 0 bridgehead atoms. The Morgan fingerprint density at radius 1 is 1.31 bits per heavy atom. The van der Waals surface area contributed by atoms with Crippen LogP contribution in [-0.4, -0.2) is 6.10 Å². The molecule has 0 aliphatic carbocycles. The number of aryl methyl sites for hydroxylation is 1. The minimum Gasteiger partial charge on any atom is -0.373 e. The van der Waals surface area contributed by atoms with Gasteiger partial charge in [-0.25, -0.2) is 0 Å². The monoisotopic (exact) mass is 176 g/mol. The van der Waals surface area contributed by atoms with Crippen LogP contribution in [0.5, 0.6) is 0 Å². The number of hydrogen-bond acceptors (Lipinski definition) is 1. The van der Waals surface area contributed by atoms with Crippen molar-refractivity contribution in [3.05, 3.63) is 34.9 Å². The van der Waals surface area contributed by atoms with Gasteiger partial charge in [-0.3, -0.25) is 0 Å². The fourth-order valence-corrected chi connectivity index (χ4v) is 1.96. The molecule has 0 fully saturated rings. The van der Waals surface area contributed by atoms with E-state index < -0.39 is 0 Å². The fraction of sp³-hybridized carbons (Fsp3) is 0.500. The molecular weight excluding hydrogens is 160 g/mol. The lowest BCUT2D eigenvalue weighted by Gasteiger charge is -2.30. The molecule has 0 spiro atoms. The van der Waals surface area contributed by atoms with E-state index in [9.17, 15) is 0 Å². The molecule has 2 atom stereocenters. The van der Waals surface area contributed by atoms with Crippen LogP contribution in [-0.2, 0) is 11.3 Å². The van der Waals surface area contributed by atoms with Crippen LogP contribution in [0.3, 0.4) is 0 Å². The first-order valence-corrected chi connectivity index (χ1v) is 4.90. The molecule has 1 aliphatic rings. The highest BCUT2D eigenvalue weighted by Crippen LogP contribution is 2.32. The topological polar surface area (TPSA) is 9.23 Å². The largest absolute Gasteiger partial charge is 0.373 e. The molecule has 2 rings (SSSR count). The van der Waals surface area contributed by atoms with Gasteiger partial charge in [0.2, 0.25) is 0 Å². The molecule has 0 N–H and O–H groups in total. The highest BCUT2D eigenvalue weighted by molar-refractivity contribution is 5.37. The van der Waals surface area contributed by atoms with Crippen LogP contribution >= 0.6 is 0 Å². The lowest BCUT2D eigenvalue weighted by Crippen LogP contribution is -2.23. The third kappa shape index (κ3) is 1.37. The number of rotatable bonds is 0. The molecule has 0 saturated carbocycles. The first-order chi connectivity index (χ1) is 6.20. The summed E-state index contributed by atoms with van der Waals surface area (Å²) in [5, 5.41) is 0. The van der Waals surface area contributed by atoms with Crippen molar-refractivity contribution in [2.75, 3.05) is 0 Å². The SMILES string of the molecule is Cc1cccc2c1CO[C@@H](C)[C@H]2C. The Morgan fingerprint density at radius 3 is 2.85 bits per heavy atom. The molecule has 13 heavy (non-hydrogen) atoms. The predicted molar refractivity (Wildman–Crippen MR) is 53.8 cm³/mol. The van der Waals surface area contributed by atoms with Gasteiger partial charge in [0, 0.05) is 5.92 Å². The molecule has 70 valence electrons. The molecule has 1 heteroatoms. The molecule has 1 nitrogen and oxygen atoms in total. The summed E-state index contributed by atoms with van der Waals surface area (Å²) in [6, 6.07) is 6.53. The van der Waals surface area contributed by atoms with E-state index in [0.29, 0.717) is 12.0 Å². The molecular formula is C12H16O. The van der Waals surface area contributed by atoms with Crippen LogP contribution in [0.15, 0.2) is 18.2 Å². The van der Waals surface area contributed by atoms with Gasteiger partial charge in [-0.2, -0.15) is 0 Å². The molecule has 0 saturated heterocycles. The minimum atomic E-state index is 0.356. The number of hydrogen-bond donors (Lipinski definition) is 0. The second-order valence-corrected chi connectivity index (χ2v) is 3.95. The fourth-order valence-electron chi connectivity index (χ4n) is 1.96. The summed E-state index contributed by atoms with van der Waals surface area (Å²) in [4.78, 5) is 0. The minimum absolute atomic E-state index is 0.356. The van der Waals surface area contributed by atoms with E-state index in [1.165, 1.54) is 16.7 Å². The molecule has 1 aromatic rings. The van der Waals surface area contributed by atoms with Crippen molar-refractivity contribution in [1.82, 2.24) is 0 Å². The number of benzene rings is 1. The second-order valence-electron chi connectivity index (χ2n) is 3.95. The standard InChI is InChI=1S/C12H16O/c1-8-5-4-6-11-9(2)10(3)13-7-12(8)11/h4-6,9-10H,7H2,1-3H3/t9-,10+/m1/s1. The van der Waals surface area contributed by atoms with Crippen LogP contribution in [0.4, 0.5) is 0 Å². The zero-order valence-electron chi connectivity index (χ0n) is 8.50. The number of fused-ring (bicyclic) bond motifs is 1. The molecule has 1 aliphatic heterocycles. The van der Waals surface area contributed by atoms with Gasteiger partial charge in [0.05, 0.1) is 12.7 Å². The molecule has 0 aromatic heterocycles. The van der Waals surface area contributed by atoms with E-state index in [4.69, 9.17) is 4.74 Å². The van der Waals surface area contributed by atoms with Gasteiger partial charge in [-0.1, -0.05) is 25.1 Å².